The number of aliphatic carboxylic acids is 1. The van der Waals surface area contributed by atoms with Crippen LogP contribution in [-0.2, 0) is 18.3 Å². The van der Waals surface area contributed by atoms with Crippen LogP contribution < -0.4 is 0 Å². The van der Waals surface area contributed by atoms with Crippen LogP contribution in [0, 0.1) is 5.92 Å². The van der Waals surface area contributed by atoms with Crippen molar-refractivity contribution in [1.82, 2.24) is 9.78 Å². The van der Waals surface area contributed by atoms with Crippen LogP contribution in [0.2, 0.25) is 0 Å². The van der Waals surface area contributed by atoms with Gasteiger partial charge in [0.05, 0.1) is 22.5 Å². The minimum absolute atomic E-state index is 0.142. The zero-order valence-corrected chi connectivity index (χ0v) is 9.71. The Kier molecular flexibility index (Phi) is 2.75. The Hall–Kier alpha value is -2.04. The average Bonchev–Trinajstić information content (AvgIpc) is 2.56. The maximum absolute atomic E-state index is 10.9. The molecule has 2 rings (SSSR count). The number of aryl methyl sites for hydroxylation is 1. The van der Waals surface area contributed by atoms with Gasteiger partial charge in [-0.05, 0) is 12.1 Å². The molecule has 1 unspecified atom stereocenters. The molecule has 0 spiro atoms. The zero-order chi connectivity index (χ0) is 12.6. The molecule has 5 nitrogen and oxygen atoms in total. The summed E-state index contributed by atoms with van der Waals surface area (Å²) in [6, 6.07) is 5.10. The summed E-state index contributed by atoms with van der Waals surface area (Å²) in [6.45, 7) is 1.64. The van der Waals surface area contributed by atoms with Gasteiger partial charge in [0.2, 0.25) is 0 Å². The largest absolute Gasteiger partial charge is 0.507 e. The monoisotopic (exact) mass is 234 g/mol. The minimum Gasteiger partial charge on any atom is -0.507 e. The zero-order valence-electron chi connectivity index (χ0n) is 9.71. The van der Waals surface area contributed by atoms with Gasteiger partial charge in [-0.3, -0.25) is 9.48 Å². The van der Waals surface area contributed by atoms with Gasteiger partial charge in [0.15, 0.2) is 0 Å². The van der Waals surface area contributed by atoms with Gasteiger partial charge in [-0.1, -0.05) is 13.0 Å². The first kappa shape index (κ1) is 11.4. The second-order valence-corrected chi connectivity index (χ2v) is 4.18. The minimum atomic E-state index is -0.852. The Bertz CT molecular complexity index is 574. The fraction of sp³-hybridized carbons (Fsp3) is 0.333. The van der Waals surface area contributed by atoms with Crippen LogP contribution >= 0.6 is 0 Å². The highest BCUT2D eigenvalue weighted by molar-refractivity contribution is 5.88. The summed E-state index contributed by atoms with van der Waals surface area (Å²) >= 11 is 0. The lowest BCUT2D eigenvalue weighted by atomic mass is 10.0. The van der Waals surface area contributed by atoms with Crippen molar-refractivity contribution in [3.63, 3.8) is 0 Å². The molecule has 0 aliphatic rings. The Balaban J connectivity index is 2.53. The number of carboxylic acids is 1. The number of benzene rings is 1. The molecular weight excluding hydrogens is 220 g/mol. The van der Waals surface area contributed by atoms with Gasteiger partial charge >= 0.3 is 5.97 Å². The summed E-state index contributed by atoms with van der Waals surface area (Å²) in [7, 11) is 1.75. The molecule has 1 aromatic carbocycles. The fourth-order valence-electron chi connectivity index (χ4n) is 1.90. The lowest BCUT2D eigenvalue weighted by molar-refractivity contribution is -0.141. The van der Waals surface area contributed by atoms with Crippen molar-refractivity contribution in [3.8, 4) is 5.75 Å². The van der Waals surface area contributed by atoms with E-state index in [1.807, 2.05) is 0 Å². The van der Waals surface area contributed by atoms with E-state index in [1.165, 1.54) is 0 Å². The number of phenols is 1. The Morgan fingerprint density at radius 2 is 2.24 bits per heavy atom. The van der Waals surface area contributed by atoms with Crippen LogP contribution in [0.4, 0.5) is 0 Å². The summed E-state index contributed by atoms with van der Waals surface area (Å²) in [5.74, 6) is -1.22. The molecular formula is C12H14N2O3. The molecule has 0 bridgehead atoms. The maximum atomic E-state index is 10.9. The van der Waals surface area contributed by atoms with E-state index in [9.17, 15) is 9.90 Å². The molecule has 0 saturated heterocycles. The molecule has 0 fully saturated rings. The highest BCUT2D eigenvalue weighted by Crippen LogP contribution is 2.28. The normalized spacial score (nSPS) is 12.8. The standard InChI is InChI=1S/C12H14N2O3/c1-7(12(16)17)6-9-11-8(13-14(9)2)4-3-5-10(11)15/h3-5,7,15H,6H2,1-2H3,(H,16,17). The molecule has 0 aliphatic carbocycles. The number of hydrogen-bond acceptors (Lipinski definition) is 3. The third kappa shape index (κ3) is 1.95. The number of aromatic hydroxyl groups is 1. The smallest absolute Gasteiger partial charge is 0.306 e. The Morgan fingerprint density at radius 1 is 1.53 bits per heavy atom. The molecule has 0 radical (unpaired) electrons. The van der Waals surface area contributed by atoms with Crippen molar-refractivity contribution in [3.05, 3.63) is 23.9 Å². The molecule has 17 heavy (non-hydrogen) atoms. The first-order valence-electron chi connectivity index (χ1n) is 5.37. The van der Waals surface area contributed by atoms with Gasteiger partial charge in [0, 0.05) is 13.5 Å². The number of carboxylic acid groups (broad SMARTS) is 1. The average molecular weight is 234 g/mol. The number of hydrogen-bond donors (Lipinski definition) is 2. The lowest BCUT2D eigenvalue weighted by Crippen LogP contribution is -2.14. The predicted octanol–water partition coefficient (Wildman–Crippen LogP) is 1.54. The quantitative estimate of drug-likeness (QED) is 0.844. The van der Waals surface area contributed by atoms with Crippen LogP contribution in [0.1, 0.15) is 12.6 Å². The molecule has 2 N–H and O–H groups in total. The first-order chi connectivity index (χ1) is 8.00. The van der Waals surface area contributed by atoms with Gasteiger partial charge in [-0.15, -0.1) is 0 Å². The lowest BCUT2D eigenvalue weighted by Gasteiger charge is -2.07. The number of fused-ring (bicyclic) bond motifs is 1. The summed E-state index contributed by atoms with van der Waals surface area (Å²) in [5, 5.41) is 23.6. The third-order valence-electron chi connectivity index (χ3n) is 2.88. The van der Waals surface area contributed by atoms with Crippen molar-refractivity contribution >= 4 is 16.9 Å². The summed E-state index contributed by atoms with van der Waals surface area (Å²) in [4.78, 5) is 10.9. The molecule has 1 aromatic heterocycles. The van der Waals surface area contributed by atoms with E-state index >= 15 is 0 Å². The summed E-state index contributed by atoms with van der Waals surface area (Å²) < 4.78 is 1.63. The van der Waals surface area contributed by atoms with E-state index in [-0.39, 0.29) is 5.75 Å². The topological polar surface area (TPSA) is 75.4 Å². The molecule has 0 aliphatic heterocycles. The van der Waals surface area contributed by atoms with E-state index in [0.29, 0.717) is 17.3 Å². The van der Waals surface area contributed by atoms with Gasteiger partial charge in [-0.2, -0.15) is 5.10 Å². The van der Waals surface area contributed by atoms with E-state index in [2.05, 4.69) is 5.10 Å². The highest BCUT2D eigenvalue weighted by atomic mass is 16.4. The molecule has 5 heteroatoms. The number of aromatic nitrogens is 2. The second-order valence-electron chi connectivity index (χ2n) is 4.18. The number of phenolic OH excluding ortho intramolecular Hbond substituents is 1. The first-order valence-corrected chi connectivity index (χ1v) is 5.37. The second kappa shape index (κ2) is 4.08. The maximum Gasteiger partial charge on any atom is 0.306 e. The van der Waals surface area contributed by atoms with E-state index in [0.717, 1.165) is 5.69 Å². The van der Waals surface area contributed by atoms with Crippen molar-refractivity contribution < 1.29 is 15.0 Å². The van der Waals surface area contributed by atoms with Crippen LogP contribution in [0.3, 0.4) is 0 Å². The van der Waals surface area contributed by atoms with Crippen molar-refractivity contribution in [2.45, 2.75) is 13.3 Å². The van der Waals surface area contributed by atoms with Gasteiger partial charge in [0.1, 0.15) is 5.75 Å². The molecule has 2 aromatic rings. The van der Waals surface area contributed by atoms with Crippen LogP contribution in [0.15, 0.2) is 18.2 Å². The predicted molar refractivity (Wildman–Crippen MR) is 62.9 cm³/mol. The molecule has 1 atom stereocenters. The highest BCUT2D eigenvalue weighted by Gasteiger charge is 2.18. The molecule has 0 saturated carbocycles. The number of nitrogens with zero attached hydrogens (tertiary/aromatic N) is 2. The third-order valence-corrected chi connectivity index (χ3v) is 2.88. The number of rotatable bonds is 3. The summed E-state index contributed by atoms with van der Waals surface area (Å²) in [5.41, 5.74) is 1.42. The van der Waals surface area contributed by atoms with Crippen LogP contribution in [-0.4, -0.2) is 26.0 Å². The van der Waals surface area contributed by atoms with Crippen molar-refractivity contribution in [2.24, 2.45) is 13.0 Å². The van der Waals surface area contributed by atoms with E-state index in [1.54, 1.807) is 36.9 Å². The van der Waals surface area contributed by atoms with E-state index in [4.69, 9.17) is 5.11 Å². The van der Waals surface area contributed by atoms with Gasteiger partial charge in [-0.25, -0.2) is 0 Å². The molecule has 90 valence electrons. The fourth-order valence-corrected chi connectivity index (χ4v) is 1.90. The summed E-state index contributed by atoms with van der Waals surface area (Å²) in [6.07, 6.45) is 0.347. The van der Waals surface area contributed by atoms with Crippen LogP contribution in [0.25, 0.3) is 10.9 Å². The Labute approximate surface area is 98.3 Å². The number of carbonyl (C=O) groups is 1. The van der Waals surface area contributed by atoms with Crippen molar-refractivity contribution in [1.29, 1.82) is 0 Å². The van der Waals surface area contributed by atoms with Gasteiger partial charge < -0.3 is 10.2 Å². The van der Waals surface area contributed by atoms with Gasteiger partial charge in [0.25, 0.3) is 0 Å². The van der Waals surface area contributed by atoms with Crippen LogP contribution in [0.5, 0.6) is 5.75 Å². The Morgan fingerprint density at radius 3 is 2.88 bits per heavy atom. The molecule has 0 amide bonds. The van der Waals surface area contributed by atoms with E-state index < -0.39 is 11.9 Å². The molecule has 1 heterocycles. The van der Waals surface area contributed by atoms with Crippen molar-refractivity contribution in [2.75, 3.05) is 0 Å². The SMILES string of the molecule is CC(Cc1c2c(O)cccc2nn1C)C(=O)O.